The zero-order valence-corrected chi connectivity index (χ0v) is 10.8. The van der Waals surface area contributed by atoms with E-state index in [1.807, 2.05) is 6.92 Å². The summed E-state index contributed by atoms with van der Waals surface area (Å²) in [6.07, 6.45) is 12.0. The van der Waals surface area contributed by atoms with Gasteiger partial charge in [-0.25, -0.2) is 0 Å². The Bertz CT molecular complexity index is 201. The minimum absolute atomic E-state index is 0.00966. The van der Waals surface area contributed by atoms with Crippen LogP contribution < -0.4 is 0 Å². The maximum absolute atomic E-state index is 10.9. The molecule has 0 aromatic heterocycles. The van der Waals surface area contributed by atoms with E-state index in [9.17, 15) is 4.79 Å². The minimum atomic E-state index is -0.00966. The van der Waals surface area contributed by atoms with Crippen LogP contribution in [0.2, 0.25) is 0 Å². The molecule has 0 aliphatic carbocycles. The standard InChI is InChI=1S/C14H26O2/c1-3-4-5-6-7-8-9-10-11-13-12(2)14(15)16-13/h12-13H,3-11H2,1-2H3. The summed E-state index contributed by atoms with van der Waals surface area (Å²) in [5.74, 6) is 0.147. The summed E-state index contributed by atoms with van der Waals surface area (Å²) in [4.78, 5) is 10.9. The Balaban J connectivity index is 1.80. The molecule has 0 saturated carbocycles. The van der Waals surface area contributed by atoms with Gasteiger partial charge in [-0.05, 0) is 19.8 Å². The molecule has 1 rings (SSSR count). The van der Waals surface area contributed by atoms with E-state index < -0.39 is 0 Å². The zero-order valence-electron chi connectivity index (χ0n) is 10.8. The Labute approximate surface area is 99.8 Å². The first-order valence-corrected chi connectivity index (χ1v) is 6.96. The van der Waals surface area contributed by atoms with Gasteiger partial charge in [0.05, 0.1) is 5.92 Å². The summed E-state index contributed by atoms with van der Waals surface area (Å²) in [5.41, 5.74) is 0. The smallest absolute Gasteiger partial charge is 0.312 e. The van der Waals surface area contributed by atoms with Gasteiger partial charge in [-0.2, -0.15) is 0 Å². The fraction of sp³-hybridized carbons (Fsp3) is 0.929. The van der Waals surface area contributed by atoms with Crippen LogP contribution in [0.5, 0.6) is 0 Å². The molecule has 2 unspecified atom stereocenters. The molecule has 94 valence electrons. The fourth-order valence-electron chi connectivity index (χ4n) is 2.23. The van der Waals surface area contributed by atoms with Crippen molar-refractivity contribution in [3.8, 4) is 0 Å². The van der Waals surface area contributed by atoms with Crippen LogP contribution in [0, 0.1) is 5.92 Å². The average molecular weight is 226 g/mol. The lowest BCUT2D eigenvalue weighted by atomic mass is 9.94. The van der Waals surface area contributed by atoms with Gasteiger partial charge < -0.3 is 4.74 Å². The van der Waals surface area contributed by atoms with Gasteiger partial charge in [0.2, 0.25) is 0 Å². The van der Waals surface area contributed by atoms with Crippen molar-refractivity contribution in [2.24, 2.45) is 5.92 Å². The first-order valence-electron chi connectivity index (χ1n) is 6.96. The second-order valence-electron chi connectivity index (χ2n) is 5.03. The highest BCUT2D eigenvalue weighted by Gasteiger charge is 2.37. The van der Waals surface area contributed by atoms with Crippen molar-refractivity contribution in [1.29, 1.82) is 0 Å². The van der Waals surface area contributed by atoms with E-state index in [-0.39, 0.29) is 18.0 Å². The lowest BCUT2D eigenvalue weighted by Crippen LogP contribution is -2.42. The quantitative estimate of drug-likeness (QED) is 0.437. The molecule has 0 aromatic carbocycles. The number of ether oxygens (including phenoxy) is 1. The molecule has 1 fully saturated rings. The monoisotopic (exact) mass is 226 g/mol. The number of carbonyl (C=O) groups excluding carboxylic acids is 1. The van der Waals surface area contributed by atoms with Gasteiger partial charge in [-0.1, -0.05) is 51.9 Å². The van der Waals surface area contributed by atoms with Gasteiger partial charge in [0.15, 0.2) is 0 Å². The van der Waals surface area contributed by atoms with Crippen LogP contribution in [0.3, 0.4) is 0 Å². The summed E-state index contributed by atoms with van der Waals surface area (Å²) in [7, 11) is 0. The largest absolute Gasteiger partial charge is 0.461 e. The van der Waals surface area contributed by atoms with Crippen molar-refractivity contribution in [2.75, 3.05) is 0 Å². The van der Waals surface area contributed by atoms with Crippen molar-refractivity contribution in [1.82, 2.24) is 0 Å². The molecule has 0 aromatic rings. The van der Waals surface area contributed by atoms with Gasteiger partial charge >= 0.3 is 5.97 Å². The van der Waals surface area contributed by atoms with Crippen molar-refractivity contribution >= 4 is 5.97 Å². The number of hydrogen-bond acceptors (Lipinski definition) is 2. The van der Waals surface area contributed by atoms with E-state index in [2.05, 4.69) is 6.92 Å². The Kier molecular flexibility index (Phi) is 6.51. The summed E-state index contributed by atoms with van der Waals surface area (Å²) >= 11 is 0. The molecule has 0 radical (unpaired) electrons. The molecule has 2 nitrogen and oxygen atoms in total. The Morgan fingerprint density at radius 1 is 1.00 bits per heavy atom. The van der Waals surface area contributed by atoms with Crippen LogP contribution in [0.15, 0.2) is 0 Å². The van der Waals surface area contributed by atoms with Gasteiger partial charge in [-0.3, -0.25) is 4.79 Å². The van der Waals surface area contributed by atoms with Gasteiger partial charge in [0.1, 0.15) is 6.10 Å². The molecule has 1 heterocycles. The molecule has 2 heteroatoms. The van der Waals surface area contributed by atoms with Crippen LogP contribution >= 0.6 is 0 Å². The van der Waals surface area contributed by atoms with E-state index in [0.717, 1.165) is 6.42 Å². The van der Waals surface area contributed by atoms with Crippen LogP contribution in [0.1, 0.15) is 71.6 Å². The molecule has 0 spiro atoms. The number of carbonyl (C=O) groups is 1. The van der Waals surface area contributed by atoms with Crippen molar-refractivity contribution < 1.29 is 9.53 Å². The van der Waals surface area contributed by atoms with Gasteiger partial charge in [0.25, 0.3) is 0 Å². The number of hydrogen-bond donors (Lipinski definition) is 0. The summed E-state index contributed by atoms with van der Waals surface area (Å²) < 4.78 is 5.07. The molecule has 2 atom stereocenters. The number of esters is 1. The lowest BCUT2D eigenvalue weighted by molar-refractivity contribution is -0.183. The van der Waals surface area contributed by atoms with Gasteiger partial charge in [0, 0.05) is 0 Å². The molecule has 0 bridgehead atoms. The summed E-state index contributed by atoms with van der Waals surface area (Å²) in [5, 5.41) is 0. The predicted octanol–water partition coefficient (Wildman–Crippen LogP) is 4.08. The number of cyclic esters (lactones) is 1. The SMILES string of the molecule is CCCCCCCCCCC1OC(=O)C1C. The highest BCUT2D eigenvalue weighted by atomic mass is 16.6. The summed E-state index contributed by atoms with van der Waals surface area (Å²) in [6, 6.07) is 0. The average Bonchev–Trinajstić information content (AvgIpc) is 2.30. The topological polar surface area (TPSA) is 26.3 Å². The van der Waals surface area contributed by atoms with Crippen LogP contribution in [0.4, 0.5) is 0 Å². The Morgan fingerprint density at radius 3 is 2.06 bits per heavy atom. The second-order valence-corrected chi connectivity index (χ2v) is 5.03. The first kappa shape index (κ1) is 13.5. The summed E-state index contributed by atoms with van der Waals surface area (Å²) in [6.45, 7) is 4.22. The highest BCUT2D eigenvalue weighted by Crippen LogP contribution is 2.26. The molecule has 16 heavy (non-hydrogen) atoms. The van der Waals surface area contributed by atoms with Crippen molar-refractivity contribution in [3.05, 3.63) is 0 Å². The third kappa shape index (κ3) is 4.54. The van der Waals surface area contributed by atoms with E-state index >= 15 is 0 Å². The molecule has 1 aliphatic heterocycles. The molecule has 0 N–H and O–H groups in total. The first-order chi connectivity index (χ1) is 7.75. The Hall–Kier alpha value is -0.530. The van der Waals surface area contributed by atoms with Crippen LogP contribution in [-0.4, -0.2) is 12.1 Å². The molecule has 1 aliphatic rings. The minimum Gasteiger partial charge on any atom is -0.461 e. The maximum Gasteiger partial charge on any atom is 0.312 e. The third-order valence-corrected chi connectivity index (χ3v) is 3.54. The number of unbranched alkanes of at least 4 members (excludes halogenated alkanes) is 7. The zero-order chi connectivity index (χ0) is 11.8. The van der Waals surface area contributed by atoms with E-state index in [1.165, 1.54) is 51.4 Å². The fourth-order valence-corrected chi connectivity index (χ4v) is 2.23. The number of rotatable bonds is 9. The van der Waals surface area contributed by atoms with Crippen LogP contribution in [-0.2, 0) is 9.53 Å². The molecule has 0 amide bonds. The Morgan fingerprint density at radius 2 is 1.56 bits per heavy atom. The van der Waals surface area contributed by atoms with E-state index in [0.29, 0.717) is 0 Å². The second kappa shape index (κ2) is 7.70. The van der Waals surface area contributed by atoms with Gasteiger partial charge in [-0.15, -0.1) is 0 Å². The van der Waals surface area contributed by atoms with E-state index in [4.69, 9.17) is 4.74 Å². The van der Waals surface area contributed by atoms with Crippen LogP contribution in [0.25, 0.3) is 0 Å². The predicted molar refractivity (Wildman–Crippen MR) is 66.3 cm³/mol. The highest BCUT2D eigenvalue weighted by molar-refractivity contribution is 5.77. The maximum atomic E-state index is 10.9. The molecular weight excluding hydrogens is 200 g/mol. The van der Waals surface area contributed by atoms with E-state index in [1.54, 1.807) is 0 Å². The molecule has 1 saturated heterocycles. The molecular formula is C14H26O2. The normalized spacial score (nSPS) is 24.0. The lowest BCUT2D eigenvalue weighted by Gasteiger charge is -2.32. The van der Waals surface area contributed by atoms with Crippen molar-refractivity contribution in [2.45, 2.75) is 77.7 Å². The third-order valence-electron chi connectivity index (χ3n) is 3.54. The van der Waals surface area contributed by atoms with Crippen molar-refractivity contribution in [3.63, 3.8) is 0 Å².